The zero-order chi connectivity index (χ0) is 15.5. The van der Waals surface area contributed by atoms with Gasteiger partial charge in [0.1, 0.15) is 11.4 Å². The summed E-state index contributed by atoms with van der Waals surface area (Å²) < 4.78 is 10.7. The van der Waals surface area contributed by atoms with Crippen molar-refractivity contribution in [1.82, 2.24) is 10.6 Å². The number of furan rings is 1. The minimum atomic E-state index is -0.446. The molecule has 0 saturated heterocycles. The van der Waals surface area contributed by atoms with Gasteiger partial charge in [0.25, 0.3) is 0 Å². The smallest absolute Gasteiger partial charge is 0.407 e. The van der Waals surface area contributed by atoms with Crippen molar-refractivity contribution in [1.29, 1.82) is 0 Å². The maximum Gasteiger partial charge on any atom is 0.407 e. The maximum atomic E-state index is 11.7. The Kier molecular flexibility index (Phi) is 4.93. The summed E-state index contributed by atoms with van der Waals surface area (Å²) in [5.74, 6) is 0.973. The first-order valence-corrected chi connectivity index (χ1v) is 7.66. The zero-order valence-corrected chi connectivity index (χ0v) is 13.3. The van der Waals surface area contributed by atoms with Gasteiger partial charge in [-0.05, 0) is 52.2 Å². The molecule has 1 aromatic heterocycles. The Morgan fingerprint density at radius 3 is 2.67 bits per heavy atom. The van der Waals surface area contributed by atoms with Gasteiger partial charge in [-0.15, -0.1) is 0 Å². The first-order chi connectivity index (χ1) is 9.87. The highest BCUT2D eigenvalue weighted by Gasteiger charge is 2.33. The molecule has 1 fully saturated rings. The third-order valence-electron chi connectivity index (χ3n) is 3.59. The van der Waals surface area contributed by atoms with Crippen LogP contribution in [0, 0.1) is 0 Å². The van der Waals surface area contributed by atoms with E-state index in [2.05, 4.69) is 17.6 Å². The summed E-state index contributed by atoms with van der Waals surface area (Å²) in [6, 6.07) is 4.77. The Labute approximate surface area is 126 Å². The molecule has 5 nitrogen and oxygen atoms in total. The largest absolute Gasteiger partial charge is 0.468 e. The van der Waals surface area contributed by atoms with Crippen molar-refractivity contribution in [2.45, 2.75) is 70.7 Å². The molecule has 21 heavy (non-hydrogen) atoms. The molecule has 1 unspecified atom stereocenters. The first kappa shape index (κ1) is 15.9. The number of carbonyl (C=O) groups excluding carboxylic acids is 1. The molecule has 2 N–H and O–H groups in total. The van der Waals surface area contributed by atoms with E-state index in [0.29, 0.717) is 6.04 Å². The summed E-state index contributed by atoms with van der Waals surface area (Å²) in [7, 11) is 0. The van der Waals surface area contributed by atoms with Crippen LogP contribution < -0.4 is 10.6 Å². The van der Waals surface area contributed by atoms with Crippen molar-refractivity contribution < 1.29 is 13.9 Å². The average Bonchev–Trinajstić information content (AvgIpc) is 2.83. The van der Waals surface area contributed by atoms with Crippen LogP contribution in [-0.4, -0.2) is 23.8 Å². The van der Waals surface area contributed by atoms with Crippen molar-refractivity contribution in [2.24, 2.45) is 0 Å². The van der Waals surface area contributed by atoms with Gasteiger partial charge >= 0.3 is 6.09 Å². The number of amides is 1. The van der Waals surface area contributed by atoms with Crippen LogP contribution in [0.5, 0.6) is 0 Å². The molecule has 0 bridgehead atoms. The van der Waals surface area contributed by atoms with Crippen LogP contribution >= 0.6 is 0 Å². The summed E-state index contributed by atoms with van der Waals surface area (Å²) in [5, 5.41) is 6.48. The molecule has 1 aliphatic rings. The van der Waals surface area contributed by atoms with E-state index < -0.39 is 5.60 Å². The molecule has 1 amide bonds. The highest BCUT2D eigenvalue weighted by atomic mass is 16.6. The van der Waals surface area contributed by atoms with Gasteiger partial charge in [-0.3, -0.25) is 0 Å². The fraction of sp³-hybridized carbons (Fsp3) is 0.688. The quantitative estimate of drug-likeness (QED) is 0.874. The minimum Gasteiger partial charge on any atom is -0.468 e. The van der Waals surface area contributed by atoms with Crippen molar-refractivity contribution in [2.75, 3.05) is 0 Å². The van der Waals surface area contributed by atoms with Crippen LogP contribution in [0.3, 0.4) is 0 Å². The summed E-state index contributed by atoms with van der Waals surface area (Å²) in [4.78, 5) is 11.7. The normalized spacial score (nSPS) is 23.2. The third-order valence-corrected chi connectivity index (χ3v) is 3.59. The zero-order valence-electron chi connectivity index (χ0n) is 13.3. The van der Waals surface area contributed by atoms with E-state index in [1.54, 1.807) is 6.26 Å². The van der Waals surface area contributed by atoms with Gasteiger partial charge in [0, 0.05) is 12.1 Å². The van der Waals surface area contributed by atoms with Crippen LogP contribution in [0.4, 0.5) is 4.79 Å². The molecule has 1 atom stereocenters. The Hall–Kier alpha value is -1.49. The molecule has 1 heterocycles. The van der Waals surface area contributed by atoms with Gasteiger partial charge in [-0.2, -0.15) is 0 Å². The highest BCUT2D eigenvalue weighted by molar-refractivity contribution is 5.68. The van der Waals surface area contributed by atoms with E-state index in [1.807, 2.05) is 32.9 Å². The molecule has 5 heteroatoms. The monoisotopic (exact) mass is 294 g/mol. The Bertz CT molecular complexity index is 445. The van der Waals surface area contributed by atoms with Crippen molar-refractivity contribution in [3.63, 3.8) is 0 Å². The standard InChI is InChI=1S/C16H26N2O3/c1-5-13(14-7-6-8-20-14)17-11-9-12(10-11)18-15(19)21-16(2,3)4/h6-8,11-13,17H,5,9-10H2,1-4H3,(H,18,19). The number of hydrogen-bond acceptors (Lipinski definition) is 4. The molecular formula is C16H26N2O3. The highest BCUT2D eigenvalue weighted by Crippen LogP contribution is 2.26. The summed E-state index contributed by atoms with van der Waals surface area (Å²) in [5.41, 5.74) is -0.446. The van der Waals surface area contributed by atoms with Crippen LogP contribution in [0.2, 0.25) is 0 Å². The molecule has 0 aromatic carbocycles. The number of ether oxygens (including phenoxy) is 1. The van der Waals surface area contributed by atoms with Crippen molar-refractivity contribution in [3.8, 4) is 0 Å². The minimum absolute atomic E-state index is 0.200. The van der Waals surface area contributed by atoms with Gasteiger partial charge < -0.3 is 19.8 Å². The molecule has 2 rings (SSSR count). The Morgan fingerprint density at radius 1 is 1.43 bits per heavy atom. The predicted molar refractivity (Wildman–Crippen MR) is 81.1 cm³/mol. The fourth-order valence-electron chi connectivity index (χ4n) is 2.52. The molecule has 0 aliphatic heterocycles. The van der Waals surface area contributed by atoms with E-state index in [4.69, 9.17) is 9.15 Å². The second-order valence-electron chi connectivity index (χ2n) is 6.65. The number of alkyl carbamates (subject to hydrolysis) is 1. The van der Waals surface area contributed by atoms with Gasteiger partial charge in [-0.25, -0.2) is 4.79 Å². The number of hydrogen-bond donors (Lipinski definition) is 2. The summed E-state index contributed by atoms with van der Waals surface area (Å²) >= 11 is 0. The van der Waals surface area contributed by atoms with Crippen LogP contribution in [0.1, 0.15) is 58.8 Å². The second kappa shape index (κ2) is 6.52. The molecule has 1 aromatic rings. The molecule has 1 aliphatic carbocycles. The van der Waals surface area contributed by atoms with E-state index in [0.717, 1.165) is 25.0 Å². The van der Waals surface area contributed by atoms with Crippen molar-refractivity contribution in [3.05, 3.63) is 24.2 Å². The van der Waals surface area contributed by atoms with Gasteiger partial charge in [0.05, 0.1) is 12.3 Å². The third kappa shape index (κ3) is 4.77. The lowest BCUT2D eigenvalue weighted by Crippen LogP contribution is -2.53. The molecule has 118 valence electrons. The van der Waals surface area contributed by atoms with Gasteiger partial charge in [0.2, 0.25) is 0 Å². The van der Waals surface area contributed by atoms with Crippen LogP contribution in [0.25, 0.3) is 0 Å². The lowest BCUT2D eigenvalue weighted by molar-refractivity contribution is 0.0461. The summed E-state index contributed by atoms with van der Waals surface area (Å²) in [6.45, 7) is 7.74. The van der Waals surface area contributed by atoms with E-state index >= 15 is 0 Å². The Balaban J connectivity index is 1.70. The summed E-state index contributed by atoms with van der Waals surface area (Å²) in [6.07, 6.45) is 4.21. The molecule has 0 spiro atoms. The molecule has 1 saturated carbocycles. The van der Waals surface area contributed by atoms with E-state index in [-0.39, 0.29) is 18.2 Å². The van der Waals surface area contributed by atoms with E-state index in [1.165, 1.54) is 0 Å². The van der Waals surface area contributed by atoms with Crippen LogP contribution in [-0.2, 0) is 4.74 Å². The maximum absolute atomic E-state index is 11.7. The van der Waals surface area contributed by atoms with Gasteiger partial charge in [-0.1, -0.05) is 6.92 Å². The lowest BCUT2D eigenvalue weighted by atomic mass is 9.86. The number of nitrogens with one attached hydrogen (secondary N) is 2. The van der Waals surface area contributed by atoms with E-state index in [9.17, 15) is 4.79 Å². The number of rotatable bonds is 5. The predicted octanol–water partition coefficient (Wildman–Crippen LogP) is 3.38. The fourth-order valence-corrected chi connectivity index (χ4v) is 2.52. The van der Waals surface area contributed by atoms with Gasteiger partial charge in [0.15, 0.2) is 0 Å². The lowest BCUT2D eigenvalue weighted by Gasteiger charge is -2.38. The first-order valence-electron chi connectivity index (χ1n) is 7.66. The van der Waals surface area contributed by atoms with Crippen molar-refractivity contribution >= 4 is 6.09 Å². The SMILES string of the molecule is CCC(NC1CC(NC(=O)OC(C)(C)C)C1)c1ccco1. The molecular weight excluding hydrogens is 268 g/mol. The van der Waals surface area contributed by atoms with Crippen LogP contribution in [0.15, 0.2) is 22.8 Å². The Morgan fingerprint density at radius 2 is 2.14 bits per heavy atom. The molecule has 0 radical (unpaired) electrons. The topological polar surface area (TPSA) is 63.5 Å². The second-order valence-corrected chi connectivity index (χ2v) is 6.65. The number of carbonyl (C=O) groups is 1. The average molecular weight is 294 g/mol.